The number of ketones is 1. The number of nitrogens with one attached hydrogen (secondary N) is 1. The van der Waals surface area contributed by atoms with E-state index in [0.717, 1.165) is 51.6 Å². The molecule has 2 aliphatic rings. The minimum absolute atomic E-state index is 0.0896. The minimum atomic E-state index is -3.58. The highest BCUT2D eigenvalue weighted by Gasteiger charge is 2.37. The maximum atomic E-state index is 13.1. The van der Waals surface area contributed by atoms with E-state index >= 15 is 0 Å². The first-order valence-electron chi connectivity index (χ1n) is 11.9. The second-order valence-corrected chi connectivity index (χ2v) is 12.8. The summed E-state index contributed by atoms with van der Waals surface area (Å²) in [5.41, 5.74) is 4.21. The van der Waals surface area contributed by atoms with Crippen molar-refractivity contribution in [1.82, 2.24) is 0 Å². The summed E-state index contributed by atoms with van der Waals surface area (Å²) in [6, 6.07) is 16.7. The number of hydrogen-bond acceptors (Lipinski definition) is 6. The fourth-order valence-electron chi connectivity index (χ4n) is 4.94. The Morgan fingerprint density at radius 1 is 1.03 bits per heavy atom. The number of anilines is 2. The molecule has 1 aliphatic heterocycles. The van der Waals surface area contributed by atoms with E-state index in [1.165, 1.54) is 0 Å². The number of fused-ring (bicyclic) bond motifs is 1. The van der Waals surface area contributed by atoms with Crippen LogP contribution in [0.25, 0.3) is 11.1 Å². The van der Waals surface area contributed by atoms with Crippen LogP contribution in [0.5, 0.6) is 0 Å². The molecule has 0 atom stereocenters. The molecule has 0 unspecified atom stereocenters. The van der Waals surface area contributed by atoms with Gasteiger partial charge in [0.1, 0.15) is 0 Å². The molecule has 1 aromatic heterocycles. The molecule has 184 valence electrons. The normalized spacial score (nSPS) is 17.8. The predicted molar refractivity (Wildman–Crippen MR) is 142 cm³/mol. The van der Waals surface area contributed by atoms with Crippen molar-refractivity contribution in [3.8, 4) is 11.1 Å². The highest BCUT2D eigenvalue weighted by Crippen LogP contribution is 2.49. The Hall–Kier alpha value is -2.68. The van der Waals surface area contributed by atoms with Crippen molar-refractivity contribution in [2.24, 2.45) is 5.41 Å². The molecular weight excluding hydrogens is 480 g/mol. The van der Waals surface area contributed by atoms with Crippen molar-refractivity contribution in [1.29, 1.82) is 0 Å². The summed E-state index contributed by atoms with van der Waals surface area (Å²) < 4.78 is 34.0. The van der Waals surface area contributed by atoms with E-state index in [1.54, 1.807) is 29.5 Å². The Morgan fingerprint density at radius 3 is 2.51 bits per heavy atom. The molecule has 0 spiro atoms. The maximum absolute atomic E-state index is 13.1. The molecule has 1 fully saturated rings. The lowest BCUT2D eigenvalue weighted by Crippen LogP contribution is -2.36. The van der Waals surface area contributed by atoms with Crippen LogP contribution in [0.15, 0.2) is 54.6 Å². The number of thiophene rings is 1. The molecule has 2 aromatic carbocycles. The Kier molecular flexibility index (Phi) is 6.46. The third kappa shape index (κ3) is 5.29. The van der Waals surface area contributed by atoms with Gasteiger partial charge in [0.2, 0.25) is 10.0 Å². The number of morpholine rings is 1. The lowest BCUT2D eigenvalue weighted by atomic mass is 9.75. The molecule has 1 N–H and O–H groups in total. The lowest BCUT2D eigenvalue weighted by molar-refractivity contribution is 0.0918. The summed E-state index contributed by atoms with van der Waals surface area (Å²) in [5.74, 6) is 0.106. The topological polar surface area (TPSA) is 75.7 Å². The van der Waals surface area contributed by atoms with Crippen molar-refractivity contribution in [2.45, 2.75) is 32.4 Å². The smallest absolute Gasteiger partial charge is 0.236 e. The number of Topliss-reactive ketones (excluding diaryl/α,β-unsaturated/α-hetero) is 1. The Morgan fingerprint density at radius 2 is 1.77 bits per heavy atom. The Bertz CT molecular complexity index is 1340. The molecule has 2 heterocycles. The van der Waals surface area contributed by atoms with Crippen LogP contribution in [0, 0.1) is 5.41 Å². The van der Waals surface area contributed by atoms with Gasteiger partial charge < -0.3 is 9.64 Å². The summed E-state index contributed by atoms with van der Waals surface area (Å²) in [7, 11) is -3.58. The van der Waals surface area contributed by atoms with Gasteiger partial charge in [-0.2, -0.15) is 0 Å². The Balaban J connectivity index is 1.53. The van der Waals surface area contributed by atoms with E-state index in [0.29, 0.717) is 25.3 Å². The number of ether oxygens (including phenoxy) is 1. The summed E-state index contributed by atoms with van der Waals surface area (Å²) in [4.78, 5) is 16.2. The van der Waals surface area contributed by atoms with E-state index in [-0.39, 0.29) is 17.0 Å². The molecule has 0 radical (unpaired) electrons. The number of sulfonamides is 1. The molecular formula is C27H30N2O4S2. The van der Waals surface area contributed by atoms with Gasteiger partial charge >= 0.3 is 0 Å². The van der Waals surface area contributed by atoms with Gasteiger partial charge in [0.25, 0.3) is 0 Å². The summed E-state index contributed by atoms with van der Waals surface area (Å²) in [5, 5.41) is 1.08. The quantitative estimate of drug-likeness (QED) is 0.484. The average Bonchev–Trinajstić information content (AvgIpc) is 3.18. The zero-order valence-corrected chi connectivity index (χ0v) is 21.7. The zero-order valence-electron chi connectivity index (χ0n) is 20.0. The summed E-state index contributed by atoms with van der Waals surface area (Å²) in [6.07, 6.45) is 1.36. The molecule has 8 heteroatoms. The SMILES string of the molecule is CC1(C)CC(=O)c2sc(N3CCOCC3)c(-c3cccc(NS(=O)(=O)Cc4ccccc4)c3)c2C1. The minimum Gasteiger partial charge on any atom is -0.378 e. The van der Waals surface area contributed by atoms with Crippen LogP contribution < -0.4 is 9.62 Å². The van der Waals surface area contributed by atoms with Crippen LogP contribution in [0.2, 0.25) is 0 Å². The number of rotatable bonds is 6. The molecule has 0 saturated carbocycles. The van der Waals surface area contributed by atoms with Gasteiger partial charge in [-0.05, 0) is 40.7 Å². The monoisotopic (exact) mass is 510 g/mol. The number of benzene rings is 2. The second-order valence-electron chi connectivity index (χ2n) is 10.1. The van der Waals surface area contributed by atoms with Gasteiger partial charge in [-0.15, -0.1) is 11.3 Å². The lowest BCUT2D eigenvalue weighted by Gasteiger charge is -2.30. The van der Waals surface area contributed by atoms with Crippen LogP contribution in [-0.2, 0) is 26.9 Å². The van der Waals surface area contributed by atoms with E-state index in [1.807, 2.05) is 36.4 Å². The van der Waals surface area contributed by atoms with Gasteiger partial charge in [0, 0.05) is 30.8 Å². The average molecular weight is 511 g/mol. The predicted octanol–water partition coefficient (Wildman–Crippen LogP) is 5.35. The van der Waals surface area contributed by atoms with Crippen LogP contribution in [0.1, 0.15) is 41.1 Å². The molecule has 6 nitrogen and oxygen atoms in total. The first kappa shape index (κ1) is 24.0. The van der Waals surface area contributed by atoms with Crippen molar-refractivity contribution >= 4 is 37.8 Å². The first-order valence-corrected chi connectivity index (χ1v) is 14.3. The van der Waals surface area contributed by atoms with E-state index in [4.69, 9.17) is 4.74 Å². The molecule has 1 saturated heterocycles. The van der Waals surface area contributed by atoms with Crippen LogP contribution in [-0.4, -0.2) is 40.5 Å². The first-order chi connectivity index (χ1) is 16.7. The largest absolute Gasteiger partial charge is 0.378 e. The highest BCUT2D eigenvalue weighted by atomic mass is 32.2. The van der Waals surface area contributed by atoms with Crippen molar-refractivity contribution < 1.29 is 17.9 Å². The van der Waals surface area contributed by atoms with Crippen molar-refractivity contribution in [3.05, 3.63) is 70.6 Å². The number of nitrogens with zero attached hydrogens (tertiary/aromatic N) is 1. The summed E-state index contributed by atoms with van der Waals surface area (Å²) >= 11 is 1.58. The molecule has 1 aliphatic carbocycles. The highest BCUT2D eigenvalue weighted by molar-refractivity contribution is 7.91. The molecule has 5 rings (SSSR count). The molecule has 3 aromatic rings. The van der Waals surface area contributed by atoms with Crippen molar-refractivity contribution in [2.75, 3.05) is 35.9 Å². The van der Waals surface area contributed by atoms with Gasteiger partial charge in [-0.1, -0.05) is 56.3 Å². The number of carbonyl (C=O) groups excluding carboxylic acids is 1. The van der Waals surface area contributed by atoms with Gasteiger partial charge in [0.05, 0.1) is 28.8 Å². The maximum Gasteiger partial charge on any atom is 0.236 e. The van der Waals surface area contributed by atoms with Gasteiger partial charge in [-0.3, -0.25) is 9.52 Å². The van der Waals surface area contributed by atoms with E-state index in [2.05, 4.69) is 23.5 Å². The molecule has 0 amide bonds. The summed E-state index contributed by atoms with van der Waals surface area (Å²) in [6.45, 7) is 7.12. The zero-order chi connectivity index (χ0) is 24.6. The van der Waals surface area contributed by atoms with Gasteiger partial charge in [-0.25, -0.2) is 8.42 Å². The van der Waals surface area contributed by atoms with Crippen LogP contribution in [0.3, 0.4) is 0 Å². The van der Waals surface area contributed by atoms with E-state index < -0.39 is 10.0 Å². The Labute approximate surface area is 211 Å². The fraction of sp³-hybridized carbons (Fsp3) is 0.370. The standard InChI is InChI=1S/C27H30N2O4S2/c1-27(2)16-22-24(26(29-11-13-33-14-12-29)34-25(22)23(30)17-27)20-9-6-10-21(15-20)28-35(31,32)18-19-7-4-3-5-8-19/h3-10,15,28H,11-14,16-18H2,1-2H3. The molecule has 0 bridgehead atoms. The van der Waals surface area contributed by atoms with Crippen LogP contribution >= 0.6 is 11.3 Å². The fourth-order valence-corrected chi connectivity index (χ4v) is 7.46. The van der Waals surface area contributed by atoms with Crippen molar-refractivity contribution in [3.63, 3.8) is 0 Å². The number of hydrogen-bond donors (Lipinski definition) is 1. The number of carbonyl (C=O) groups is 1. The van der Waals surface area contributed by atoms with Gasteiger partial charge in [0.15, 0.2) is 5.78 Å². The second kappa shape index (κ2) is 9.41. The van der Waals surface area contributed by atoms with E-state index in [9.17, 15) is 13.2 Å². The molecule has 35 heavy (non-hydrogen) atoms. The van der Waals surface area contributed by atoms with Crippen LogP contribution in [0.4, 0.5) is 10.7 Å². The third-order valence-electron chi connectivity index (χ3n) is 6.46. The third-order valence-corrected chi connectivity index (χ3v) is 9.05.